The molecule has 0 radical (unpaired) electrons. The molecule has 0 N–H and O–H groups in total. The van der Waals surface area contributed by atoms with Crippen LogP contribution in [-0.4, -0.2) is 0 Å². The summed E-state index contributed by atoms with van der Waals surface area (Å²) in [6.45, 7) is 0. The molecule has 63 heavy (non-hydrogen) atoms. The van der Waals surface area contributed by atoms with Gasteiger partial charge in [-0.25, -0.2) is 0 Å². The fourth-order valence-electron chi connectivity index (χ4n) is 9.89. The summed E-state index contributed by atoms with van der Waals surface area (Å²) in [4.78, 5) is 2.41. The minimum atomic E-state index is 0.881. The highest BCUT2D eigenvalue weighted by Crippen LogP contribution is 2.47. The highest BCUT2D eigenvalue weighted by Gasteiger charge is 2.22. The topological polar surface area (TPSA) is 16.4 Å². The molecule has 2 heterocycles. The van der Waals surface area contributed by atoms with Crippen LogP contribution in [0.3, 0.4) is 0 Å². The van der Waals surface area contributed by atoms with Gasteiger partial charge in [-0.1, -0.05) is 158 Å². The van der Waals surface area contributed by atoms with Crippen molar-refractivity contribution in [1.82, 2.24) is 0 Å². The van der Waals surface area contributed by atoms with Crippen molar-refractivity contribution in [3.05, 3.63) is 224 Å². The quantitative estimate of drug-likeness (QED) is 0.155. The summed E-state index contributed by atoms with van der Waals surface area (Å²) < 4.78 is 9.33. The average molecular weight is 820 g/mol. The molecule has 0 saturated carbocycles. The molecule has 0 unspecified atom stereocenters. The van der Waals surface area contributed by atoms with E-state index in [0.29, 0.717) is 0 Å². The van der Waals surface area contributed by atoms with E-state index in [-0.39, 0.29) is 0 Å². The summed E-state index contributed by atoms with van der Waals surface area (Å²) in [5, 5.41) is 12.2. The first-order valence-electron chi connectivity index (χ1n) is 21.5. The lowest BCUT2D eigenvalue weighted by Crippen LogP contribution is -2.11. The Bertz CT molecular complexity index is 3910. The molecule has 0 aliphatic heterocycles. The van der Waals surface area contributed by atoms with Crippen LogP contribution in [0.1, 0.15) is 0 Å². The van der Waals surface area contributed by atoms with Gasteiger partial charge in [0.1, 0.15) is 11.2 Å². The monoisotopic (exact) mass is 819 g/mol. The minimum Gasteiger partial charge on any atom is -0.455 e. The highest BCUT2D eigenvalue weighted by molar-refractivity contribution is 7.25. The van der Waals surface area contributed by atoms with Gasteiger partial charge in [0.05, 0.1) is 5.69 Å². The maximum atomic E-state index is 6.70. The van der Waals surface area contributed by atoms with Crippen LogP contribution in [0.15, 0.2) is 229 Å². The van der Waals surface area contributed by atoms with Gasteiger partial charge in [0, 0.05) is 53.3 Å². The maximum absolute atomic E-state index is 6.70. The van der Waals surface area contributed by atoms with Crippen LogP contribution in [0.5, 0.6) is 0 Å². The number of para-hydroxylation sites is 1. The number of hydrogen-bond acceptors (Lipinski definition) is 3. The van der Waals surface area contributed by atoms with Crippen molar-refractivity contribution in [2.75, 3.05) is 4.90 Å². The lowest BCUT2D eigenvalue weighted by atomic mass is 9.93. The number of thiophene rings is 1. The van der Waals surface area contributed by atoms with Crippen LogP contribution in [0.4, 0.5) is 17.1 Å². The second kappa shape index (κ2) is 14.3. The molecule has 0 bridgehead atoms. The first-order valence-corrected chi connectivity index (χ1v) is 22.3. The third-order valence-corrected chi connectivity index (χ3v) is 14.0. The van der Waals surface area contributed by atoms with Gasteiger partial charge >= 0.3 is 0 Å². The molecule has 0 amide bonds. The zero-order valence-corrected chi connectivity index (χ0v) is 34.9. The van der Waals surface area contributed by atoms with E-state index in [1.807, 2.05) is 11.3 Å². The van der Waals surface area contributed by atoms with E-state index in [2.05, 4.69) is 229 Å². The third kappa shape index (κ3) is 5.78. The van der Waals surface area contributed by atoms with Gasteiger partial charge in [-0.2, -0.15) is 0 Å². The number of anilines is 3. The Balaban J connectivity index is 0.981. The van der Waals surface area contributed by atoms with Gasteiger partial charge in [-0.05, 0) is 121 Å². The van der Waals surface area contributed by atoms with Crippen LogP contribution in [0.25, 0.3) is 108 Å². The van der Waals surface area contributed by atoms with Gasteiger partial charge in [-0.15, -0.1) is 11.3 Å². The van der Waals surface area contributed by atoms with Crippen LogP contribution in [0, 0.1) is 0 Å². The predicted molar refractivity (Wildman–Crippen MR) is 270 cm³/mol. The number of rotatable bonds is 6. The van der Waals surface area contributed by atoms with Crippen molar-refractivity contribution in [2.45, 2.75) is 0 Å². The molecule has 0 aliphatic rings. The SMILES string of the molecule is c1ccc(N(c2ccc(-c3ccc4sc5ccccc5c4c3)cc2)c2ccc(-c3cc4ccccc4c4ccccc34)cc2)c(-c2cccc3oc4c5ccccc5ccc4c23)c1. The molecule has 294 valence electrons. The standard InChI is InChI=1S/C60H37NOS/c1-4-15-46-39(12-1)28-34-52-59-51(20-11-22-56(59)62-60(46)52)49-18-7-9-21-55(49)61(43-30-24-38(25-31-43)41-29-35-58-54(36-41)50-19-8-10-23-57(50)63-58)44-32-26-40(27-33-44)53-37-42-13-2-3-14-45(42)47-16-5-6-17-48(47)53/h1-37H. The van der Waals surface area contributed by atoms with Crippen LogP contribution in [-0.2, 0) is 0 Å². The van der Waals surface area contributed by atoms with Crippen molar-refractivity contribution < 1.29 is 4.42 Å². The van der Waals surface area contributed by atoms with E-state index in [4.69, 9.17) is 4.42 Å². The smallest absolute Gasteiger partial charge is 0.143 e. The van der Waals surface area contributed by atoms with Gasteiger partial charge in [0.15, 0.2) is 0 Å². The Hall–Kier alpha value is -7.98. The summed E-state index contributed by atoms with van der Waals surface area (Å²) in [5.74, 6) is 0. The molecular formula is C60H37NOS. The number of fused-ring (bicyclic) bond motifs is 11. The Morgan fingerprint density at radius 2 is 0.952 bits per heavy atom. The van der Waals surface area contributed by atoms with E-state index in [1.165, 1.54) is 69.4 Å². The van der Waals surface area contributed by atoms with Crippen molar-refractivity contribution in [2.24, 2.45) is 0 Å². The van der Waals surface area contributed by atoms with Gasteiger partial charge in [0.2, 0.25) is 0 Å². The first kappa shape index (κ1) is 35.7. The molecular weight excluding hydrogens is 783 g/mol. The molecule has 0 atom stereocenters. The molecule has 0 saturated heterocycles. The molecule has 2 aromatic heterocycles. The fourth-order valence-corrected chi connectivity index (χ4v) is 11.0. The molecule has 13 rings (SSSR count). The van der Waals surface area contributed by atoms with Gasteiger partial charge in [-0.3, -0.25) is 0 Å². The first-order chi connectivity index (χ1) is 31.2. The Labute approximate surface area is 368 Å². The van der Waals surface area contributed by atoms with Gasteiger partial charge < -0.3 is 9.32 Å². The van der Waals surface area contributed by atoms with Crippen LogP contribution >= 0.6 is 11.3 Å². The summed E-state index contributed by atoms with van der Waals surface area (Å²) in [6, 6.07) is 81.8. The summed E-state index contributed by atoms with van der Waals surface area (Å²) in [7, 11) is 0. The van der Waals surface area contributed by atoms with Crippen molar-refractivity contribution >= 4 is 103 Å². The van der Waals surface area contributed by atoms with Gasteiger partial charge in [0.25, 0.3) is 0 Å². The maximum Gasteiger partial charge on any atom is 0.143 e. The molecule has 13 aromatic rings. The minimum absolute atomic E-state index is 0.881. The summed E-state index contributed by atoms with van der Waals surface area (Å²) in [6.07, 6.45) is 0. The zero-order chi connectivity index (χ0) is 41.4. The van der Waals surface area contributed by atoms with Crippen molar-refractivity contribution in [3.8, 4) is 33.4 Å². The Kier molecular flexibility index (Phi) is 8.12. The molecule has 2 nitrogen and oxygen atoms in total. The molecule has 0 spiro atoms. The largest absolute Gasteiger partial charge is 0.455 e. The molecule has 3 heteroatoms. The van der Waals surface area contributed by atoms with Crippen LogP contribution in [0.2, 0.25) is 0 Å². The third-order valence-electron chi connectivity index (χ3n) is 12.9. The summed E-state index contributed by atoms with van der Waals surface area (Å²) in [5.41, 5.74) is 12.1. The lowest BCUT2D eigenvalue weighted by Gasteiger charge is -2.28. The highest BCUT2D eigenvalue weighted by atomic mass is 32.1. The van der Waals surface area contributed by atoms with E-state index in [1.54, 1.807) is 0 Å². The van der Waals surface area contributed by atoms with E-state index in [0.717, 1.165) is 55.5 Å². The van der Waals surface area contributed by atoms with E-state index >= 15 is 0 Å². The predicted octanol–water partition coefficient (Wildman–Crippen LogP) is 17.9. The lowest BCUT2D eigenvalue weighted by molar-refractivity contribution is 0.673. The zero-order valence-electron chi connectivity index (χ0n) is 34.1. The summed E-state index contributed by atoms with van der Waals surface area (Å²) >= 11 is 1.86. The number of furan rings is 1. The second-order valence-electron chi connectivity index (χ2n) is 16.4. The van der Waals surface area contributed by atoms with Crippen molar-refractivity contribution in [3.63, 3.8) is 0 Å². The van der Waals surface area contributed by atoms with Crippen LogP contribution < -0.4 is 4.90 Å². The second-order valence-corrected chi connectivity index (χ2v) is 17.5. The number of benzene rings is 11. The Morgan fingerprint density at radius 3 is 1.78 bits per heavy atom. The average Bonchev–Trinajstić information content (AvgIpc) is 3.93. The Morgan fingerprint density at radius 1 is 0.333 bits per heavy atom. The fraction of sp³-hybridized carbons (Fsp3) is 0. The number of hydrogen-bond donors (Lipinski definition) is 0. The molecule has 11 aromatic carbocycles. The van der Waals surface area contributed by atoms with E-state index in [9.17, 15) is 0 Å². The normalized spacial score (nSPS) is 11.8. The van der Waals surface area contributed by atoms with E-state index < -0.39 is 0 Å². The number of nitrogens with zero attached hydrogens (tertiary/aromatic N) is 1. The molecule has 0 fully saturated rings. The molecule has 0 aliphatic carbocycles. The van der Waals surface area contributed by atoms with Crippen molar-refractivity contribution in [1.29, 1.82) is 0 Å².